The normalized spacial score (nSPS) is 17.8. The van der Waals surface area contributed by atoms with Crippen LogP contribution in [0.1, 0.15) is 24.2 Å². The van der Waals surface area contributed by atoms with Crippen molar-refractivity contribution in [1.29, 1.82) is 0 Å². The first kappa shape index (κ1) is 31.1. The molecule has 0 aromatic heterocycles. The van der Waals surface area contributed by atoms with E-state index in [1.54, 1.807) is 14.0 Å². The lowest BCUT2D eigenvalue weighted by molar-refractivity contribution is 0.0373. The van der Waals surface area contributed by atoms with Crippen LogP contribution in [0.2, 0.25) is 5.02 Å². The van der Waals surface area contributed by atoms with E-state index in [9.17, 15) is 27.5 Å². The first-order chi connectivity index (χ1) is 19.9. The lowest BCUT2D eigenvalue weighted by atomic mass is 9.99. The molecular formula is C29H32ClFN4O6S. The molecule has 10 nitrogen and oxygen atoms in total. The van der Waals surface area contributed by atoms with E-state index in [1.807, 2.05) is 6.92 Å². The lowest BCUT2D eigenvalue weighted by Gasteiger charge is -2.38. The van der Waals surface area contributed by atoms with E-state index >= 15 is 0 Å². The highest BCUT2D eigenvalue weighted by Crippen LogP contribution is 2.36. The Morgan fingerprint density at radius 1 is 1.17 bits per heavy atom. The number of carbonyl (C=O) groups excluding carboxylic acids is 2. The van der Waals surface area contributed by atoms with Gasteiger partial charge in [-0.3, -0.25) is 9.52 Å². The van der Waals surface area contributed by atoms with Gasteiger partial charge in [0.1, 0.15) is 11.9 Å². The number of carbonyl (C=O) groups is 2. The number of amides is 3. The molecule has 3 atom stereocenters. The Kier molecular flexibility index (Phi) is 9.60. The van der Waals surface area contributed by atoms with Gasteiger partial charge in [-0.1, -0.05) is 24.6 Å². The monoisotopic (exact) mass is 618 g/mol. The third-order valence-electron chi connectivity index (χ3n) is 6.96. The van der Waals surface area contributed by atoms with E-state index in [4.69, 9.17) is 16.3 Å². The van der Waals surface area contributed by atoms with Gasteiger partial charge in [0.15, 0.2) is 5.75 Å². The van der Waals surface area contributed by atoms with Gasteiger partial charge in [0.2, 0.25) is 0 Å². The summed E-state index contributed by atoms with van der Waals surface area (Å²) < 4.78 is 48.7. The fourth-order valence-electron chi connectivity index (χ4n) is 4.46. The summed E-state index contributed by atoms with van der Waals surface area (Å²) in [6, 6.07) is 14.4. The van der Waals surface area contributed by atoms with Gasteiger partial charge in [-0.15, -0.1) is 0 Å². The quantitative estimate of drug-likeness (QED) is 0.337. The van der Waals surface area contributed by atoms with Crippen molar-refractivity contribution in [2.24, 2.45) is 5.92 Å². The van der Waals surface area contributed by atoms with Crippen molar-refractivity contribution >= 4 is 44.9 Å². The van der Waals surface area contributed by atoms with E-state index in [0.29, 0.717) is 10.7 Å². The summed E-state index contributed by atoms with van der Waals surface area (Å²) in [5.74, 6) is -1.22. The van der Waals surface area contributed by atoms with Crippen LogP contribution in [-0.4, -0.2) is 74.2 Å². The second-order valence-corrected chi connectivity index (χ2v) is 12.3. The Morgan fingerprint density at radius 2 is 1.83 bits per heavy atom. The van der Waals surface area contributed by atoms with Gasteiger partial charge in [-0.2, -0.15) is 0 Å². The van der Waals surface area contributed by atoms with Crippen LogP contribution in [0.5, 0.6) is 5.75 Å². The molecule has 0 fully saturated rings. The molecular weight excluding hydrogens is 587 g/mol. The highest BCUT2D eigenvalue weighted by Gasteiger charge is 2.35. The Bertz CT molecular complexity index is 1540. The minimum Gasteiger partial charge on any atom is -0.485 e. The molecule has 0 saturated carbocycles. The van der Waals surface area contributed by atoms with Gasteiger partial charge in [0.05, 0.1) is 35.3 Å². The molecule has 0 bridgehead atoms. The number of ether oxygens (including phenoxy) is 1. The van der Waals surface area contributed by atoms with Gasteiger partial charge in [0, 0.05) is 30.2 Å². The van der Waals surface area contributed by atoms with Crippen molar-refractivity contribution < 1.29 is 32.2 Å². The number of hydrogen-bond acceptors (Lipinski definition) is 6. The van der Waals surface area contributed by atoms with Crippen LogP contribution in [0.3, 0.4) is 0 Å². The molecule has 0 aliphatic carbocycles. The summed E-state index contributed by atoms with van der Waals surface area (Å²) in [6.07, 6.45) is -0.699. The van der Waals surface area contributed by atoms with E-state index in [0.717, 1.165) is 0 Å². The molecule has 0 unspecified atom stereocenters. The third kappa shape index (κ3) is 7.12. The van der Waals surface area contributed by atoms with Crippen molar-refractivity contribution in [3.8, 4) is 5.75 Å². The predicted octanol–water partition coefficient (Wildman–Crippen LogP) is 4.66. The van der Waals surface area contributed by atoms with Crippen molar-refractivity contribution in [2.75, 3.05) is 36.8 Å². The average Bonchev–Trinajstić information content (AvgIpc) is 2.96. The zero-order valence-corrected chi connectivity index (χ0v) is 24.8. The summed E-state index contributed by atoms with van der Waals surface area (Å²) in [5.41, 5.74) is 0.532. The number of aliphatic hydroxyl groups is 1. The van der Waals surface area contributed by atoms with E-state index in [2.05, 4.69) is 10.0 Å². The number of rotatable bonds is 8. The largest absolute Gasteiger partial charge is 0.485 e. The summed E-state index contributed by atoms with van der Waals surface area (Å²) in [6.45, 7) is 3.52. The zero-order valence-electron chi connectivity index (χ0n) is 23.3. The fraction of sp³-hybridized carbons (Fsp3) is 0.310. The molecule has 3 aromatic rings. The molecule has 0 radical (unpaired) electrons. The van der Waals surface area contributed by atoms with Crippen molar-refractivity contribution in [1.82, 2.24) is 9.80 Å². The van der Waals surface area contributed by atoms with Crippen LogP contribution in [0.25, 0.3) is 0 Å². The zero-order chi connectivity index (χ0) is 30.6. The molecule has 13 heteroatoms. The van der Waals surface area contributed by atoms with Crippen LogP contribution < -0.4 is 14.8 Å². The number of benzene rings is 3. The minimum absolute atomic E-state index is 0.000860. The summed E-state index contributed by atoms with van der Waals surface area (Å²) in [4.78, 5) is 29.5. The second-order valence-electron chi connectivity index (χ2n) is 10.2. The summed E-state index contributed by atoms with van der Waals surface area (Å²) >= 11 is 5.92. The maximum Gasteiger partial charge on any atom is 0.321 e. The number of likely N-dealkylation sites (N-methyl/N-ethyl adjacent to an activating group) is 1. The maximum atomic E-state index is 13.7. The lowest BCUT2D eigenvalue weighted by Crippen LogP contribution is -2.50. The number of urea groups is 1. The molecule has 1 heterocycles. The minimum atomic E-state index is -4.10. The number of fused-ring (bicyclic) bond motifs is 1. The van der Waals surface area contributed by atoms with Crippen LogP contribution in [-0.2, 0) is 10.0 Å². The Morgan fingerprint density at radius 3 is 2.48 bits per heavy atom. The summed E-state index contributed by atoms with van der Waals surface area (Å²) in [7, 11) is -2.54. The van der Waals surface area contributed by atoms with Crippen molar-refractivity contribution in [3.63, 3.8) is 0 Å². The maximum absolute atomic E-state index is 13.7. The van der Waals surface area contributed by atoms with Crippen molar-refractivity contribution in [2.45, 2.75) is 30.9 Å². The fourth-order valence-corrected chi connectivity index (χ4v) is 5.65. The molecule has 1 aliphatic rings. The molecule has 3 aromatic carbocycles. The third-order valence-corrected chi connectivity index (χ3v) is 8.59. The van der Waals surface area contributed by atoms with Crippen LogP contribution in [0.4, 0.5) is 20.6 Å². The van der Waals surface area contributed by atoms with Crippen molar-refractivity contribution in [3.05, 3.63) is 83.1 Å². The van der Waals surface area contributed by atoms with Crippen LogP contribution in [0, 0.1) is 11.7 Å². The van der Waals surface area contributed by atoms with E-state index in [1.165, 1.54) is 76.5 Å². The molecule has 4 rings (SSSR count). The highest BCUT2D eigenvalue weighted by atomic mass is 35.5. The molecule has 3 N–H and O–H groups in total. The molecule has 0 saturated heterocycles. The number of sulfonamides is 1. The van der Waals surface area contributed by atoms with Gasteiger partial charge in [-0.05, 0) is 67.6 Å². The van der Waals surface area contributed by atoms with Gasteiger partial charge in [0.25, 0.3) is 15.9 Å². The van der Waals surface area contributed by atoms with Gasteiger partial charge >= 0.3 is 6.03 Å². The first-order valence-corrected chi connectivity index (χ1v) is 15.0. The standard InChI is InChI=1S/C29H32ClFN4O6S/c1-18-15-35(19(2)17-36)28(37)24-5-4-6-25(33-42(39,40)23-13-7-20(30)8-14-23)27(24)41-26(18)16-34(3)29(38)32-22-11-9-21(31)10-12-22/h4-14,18-19,26,33,36H,15-17H2,1-3H3,(H,32,38)/t18-,19-,26+/m0/s1. The average molecular weight is 619 g/mol. The topological polar surface area (TPSA) is 128 Å². The molecule has 1 aliphatic heterocycles. The van der Waals surface area contributed by atoms with Crippen LogP contribution >= 0.6 is 11.6 Å². The molecule has 3 amide bonds. The van der Waals surface area contributed by atoms with Gasteiger partial charge in [-0.25, -0.2) is 17.6 Å². The number of anilines is 2. The number of aliphatic hydroxyl groups excluding tert-OH is 1. The molecule has 224 valence electrons. The Balaban J connectivity index is 1.68. The molecule has 42 heavy (non-hydrogen) atoms. The predicted molar refractivity (Wildman–Crippen MR) is 158 cm³/mol. The Hall–Kier alpha value is -3.87. The summed E-state index contributed by atoms with van der Waals surface area (Å²) in [5, 5.41) is 12.9. The SMILES string of the molecule is C[C@H]1CN([C@@H](C)CO)C(=O)c2cccc(NS(=O)(=O)c3ccc(Cl)cc3)c2O[C@@H]1CN(C)C(=O)Nc1ccc(F)cc1. The first-order valence-electron chi connectivity index (χ1n) is 13.2. The van der Waals surface area contributed by atoms with E-state index in [-0.39, 0.29) is 47.5 Å². The number of nitrogens with one attached hydrogen (secondary N) is 2. The van der Waals surface area contributed by atoms with Gasteiger partial charge < -0.3 is 25.0 Å². The number of hydrogen-bond donors (Lipinski definition) is 3. The Labute approximate surface area is 249 Å². The van der Waals surface area contributed by atoms with Crippen LogP contribution in [0.15, 0.2) is 71.6 Å². The van der Waals surface area contributed by atoms with E-state index < -0.39 is 39.9 Å². The second kappa shape index (κ2) is 13.0. The smallest absolute Gasteiger partial charge is 0.321 e. The number of para-hydroxylation sites is 1. The number of nitrogens with zero attached hydrogens (tertiary/aromatic N) is 2. The highest BCUT2D eigenvalue weighted by molar-refractivity contribution is 7.92. The molecule has 0 spiro atoms. The number of halogens is 2.